The predicted octanol–water partition coefficient (Wildman–Crippen LogP) is 4.72. The standard InChI is InChI=1S/C14H11BrClNOS/c15-12-5-4-11(19-12)14(16)9-1-3-10-8(7-9)2-6-13(18)17-10/h1,3-5,7,14H,2,6H2,(H,17,18). The summed E-state index contributed by atoms with van der Waals surface area (Å²) < 4.78 is 1.08. The number of fused-ring (bicyclic) bond motifs is 1. The van der Waals surface area contributed by atoms with Gasteiger partial charge in [0.25, 0.3) is 0 Å². The zero-order valence-electron chi connectivity index (χ0n) is 9.95. The number of nitrogens with one attached hydrogen (secondary N) is 1. The van der Waals surface area contributed by atoms with Gasteiger partial charge in [-0.25, -0.2) is 0 Å². The van der Waals surface area contributed by atoms with Crippen molar-refractivity contribution >= 4 is 50.5 Å². The Kier molecular flexibility index (Phi) is 3.65. The van der Waals surface area contributed by atoms with E-state index in [1.165, 1.54) is 5.56 Å². The van der Waals surface area contributed by atoms with E-state index in [0.29, 0.717) is 6.42 Å². The minimum atomic E-state index is -0.140. The van der Waals surface area contributed by atoms with Crippen LogP contribution < -0.4 is 5.32 Å². The van der Waals surface area contributed by atoms with E-state index in [1.807, 2.05) is 24.3 Å². The third kappa shape index (κ3) is 2.71. The van der Waals surface area contributed by atoms with Gasteiger partial charge in [-0.05, 0) is 51.7 Å². The lowest BCUT2D eigenvalue weighted by atomic mass is 9.99. The van der Waals surface area contributed by atoms with Gasteiger partial charge in [-0.2, -0.15) is 0 Å². The van der Waals surface area contributed by atoms with Gasteiger partial charge in [0.2, 0.25) is 5.91 Å². The Hall–Kier alpha value is -0.840. The van der Waals surface area contributed by atoms with Crippen molar-refractivity contribution in [3.8, 4) is 0 Å². The summed E-state index contributed by atoms with van der Waals surface area (Å²) in [6.45, 7) is 0. The van der Waals surface area contributed by atoms with Crippen LogP contribution in [0.3, 0.4) is 0 Å². The van der Waals surface area contributed by atoms with E-state index in [1.54, 1.807) is 11.3 Å². The molecule has 1 aromatic carbocycles. The van der Waals surface area contributed by atoms with Crippen LogP contribution >= 0.6 is 38.9 Å². The van der Waals surface area contributed by atoms with Crippen LogP contribution in [0, 0.1) is 0 Å². The van der Waals surface area contributed by atoms with Crippen LogP contribution in [-0.4, -0.2) is 5.91 Å². The minimum absolute atomic E-state index is 0.0878. The molecule has 2 heterocycles. The van der Waals surface area contributed by atoms with Gasteiger partial charge in [-0.3, -0.25) is 4.79 Å². The Balaban J connectivity index is 1.92. The van der Waals surface area contributed by atoms with Crippen molar-refractivity contribution < 1.29 is 4.79 Å². The number of rotatable bonds is 2. The highest BCUT2D eigenvalue weighted by Gasteiger charge is 2.18. The summed E-state index contributed by atoms with van der Waals surface area (Å²) in [4.78, 5) is 12.4. The molecule has 1 aliphatic rings. The second kappa shape index (κ2) is 5.27. The Morgan fingerprint density at radius 3 is 2.84 bits per heavy atom. The molecule has 5 heteroatoms. The maximum atomic E-state index is 11.3. The van der Waals surface area contributed by atoms with Gasteiger partial charge in [0.15, 0.2) is 0 Å². The molecule has 1 atom stereocenters. The summed E-state index contributed by atoms with van der Waals surface area (Å²) in [5.74, 6) is 0.0878. The van der Waals surface area contributed by atoms with E-state index < -0.39 is 0 Å². The average molecular weight is 357 g/mol. The summed E-state index contributed by atoms with van der Waals surface area (Å²) >= 11 is 11.6. The normalized spacial score (nSPS) is 15.8. The van der Waals surface area contributed by atoms with Crippen molar-refractivity contribution in [3.63, 3.8) is 0 Å². The minimum Gasteiger partial charge on any atom is -0.326 e. The molecule has 0 aliphatic carbocycles. The molecule has 0 radical (unpaired) electrons. The molecular weight excluding hydrogens is 346 g/mol. The van der Waals surface area contributed by atoms with Crippen LogP contribution in [0.5, 0.6) is 0 Å². The summed E-state index contributed by atoms with van der Waals surface area (Å²) in [6, 6.07) is 10.1. The number of hydrogen-bond donors (Lipinski definition) is 1. The van der Waals surface area contributed by atoms with E-state index in [4.69, 9.17) is 11.6 Å². The summed E-state index contributed by atoms with van der Waals surface area (Å²) in [7, 11) is 0. The van der Waals surface area contributed by atoms with Gasteiger partial charge in [0, 0.05) is 17.0 Å². The fraction of sp³-hybridized carbons (Fsp3) is 0.214. The largest absolute Gasteiger partial charge is 0.326 e. The number of carbonyl (C=O) groups excluding carboxylic acids is 1. The monoisotopic (exact) mass is 355 g/mol. The summed E-state index contributed by atoms with van der Waals surface area (Å²) in [6.07, 6.45) is 1.33. The number of alkyl halides is 1. The number of benzene rings is 1. The van der Waals surface area contributed by atoms with Crippen molar-refractivity contribution in [3.05, 3.63) is 50.1 Å². The van der Waals surface area contributed by atoms with Crippen molar-refractivity contribution in [1.29, 1.82) is 0 Å². The molecule has 0 fully saturated rings. The highest BCUT2D eigenvalue weighted by Crippen LogP contribution is 2.37. The van der Waals surface area contributed by atoms with Crippen LogP contribution in [0.4, 0.5) is 5.69 Å². The lowest BCUT2D eigenvalue weighted by Crippen LogP contribution is -2.19. The first kappa shape index (κ1) is 13.2. The van der Waals surface area contributed by atoms with Gasteiger partial charge in [0.05, 0.1) is 9.16 Å². The van der Waals surface area contributed by atoms with Crippen LogP contribution in [-0.2, 0) is 11.2 Å². The van der Waals surface area contributed by atoms with Crippen LogP contribution in [0.1, 0.15) is 27.8 Å². The quantitative estimate of drug-likeness (QED) is 0.775. The highest BCUT2D eigenvalue weighted by atomic mass is 79.9. The first-order chi connectivity index (χ1) is 9.13. The number of aryl methyl sites for hydroxylation is 1. The second-order valence-electron chi connectivity index (χ2n) is 4.47. The number of thiophene rings is 1. The smallest absolute Gasteiger partial charge is 0.224 e. The lowest BCUT2D eigenvalue weighted by molar-refractivity contribution is -0.116. The Bertz CT molecular complexity index is 640. The first-order valence-corrected chi connectivity index (χ1v) is 8.00. The van der Waals surface area contributed by atoms with Gasteiger partial charge in [-0.1, -0.05) is 12.1 Å². The van der Waals surface area contributed by atoms with Crippen molar-refractivity contribution in [1.82, 2.24) is 0 Å². The predicted molar refractivity (Wildman–Crippen MR) is 83.1 cm³/mol. The molecule has 0 saturated carbocycles. The number of carbonyl (C=O) groups is 1. The fourth-order valence-corrected chi connectivity index (χ4v) is 3.96. The molecule has 2 aromatic rings. The third-order valence-corrected chi connectivity index (χ3v) is 5.47. The lowest BCUT2D eigenvalue weighted by Gasteiger charge is -2.18. The van der Waals surface area contributed by atoms with Gasteiger partial charge in [-0.15, -0.1) is 22.9 Å². The first-order valence-electron chi connectivity index (χ1n) is 5.95. The van der Waals surface area contributed by atoms with E-state index in [9.17, 15) is 4.79 Å². The van der Waals surface area contributed by atoms with Crippen LogP contribution in [0.15, 0.2) is 34.1 Å². The fourth-order valence-electron chi connectivity index (χ4n) is 2.19. The molecule has 1 N–H and O–H groups in total. The molecule has 1 aromatic heterocycles. The molecule has 1 aliphatic heterocycles. The zero-order chi connectivity index (χ0) is 13.4. The summed E-state index contributed by atoms with van der Waals surface area (Å²) in [5, 5.41) is 2.74. The van der Waals surface area contributed by atoms with Crippen LogP contribution in [0.2, 0.25) is 0 Å². The molecule has 98 valence electrons. The average Bonchev–Trinajstić information content (AvgIpc) is 2.84. The molecule has 19 heavy (non-hydrogen) atoms. The molecule has 1 amide bonds. The van der Waals surface area contributed by atoms with Gasteiger partial charge < -0.3 is 5.32 Å². The van der Waals surface area contributed by atoms with E-state index in [-0.39, 0.29) is 11.3 Å². The maximum absolute atomic E-state index is 11.3. The summed E-state index contributed by atoms with van der Waals surface area (Å²) in [5.41, 5.74) is 3.15. The molecule has 2 nitrogen and oxygen atoms in total. The molecule has 0 bridgehead atoms. The van der Waals surface area contributed by atoms with Gasteiger partial charge >= 0.3 is 0 Å². The Labute approximate surface area is 128 Å². The SMILES string of the molecule is O=C1CCc2cc(C(Cl)c3ccc(Br)s3)ccc2N1. The number of anilines is 1. The van der Waals surface area contributed by atoms with Crippen LogP contribution in [0.25, 0.3) is 0 Å². The van der Waals surface area contributed by atoms with Crippen molar-refractivity contribution in [2.75, 3.05) is 5.32 Å². The molecule has 3 rings (SSSR count). The zero-order valence-corrected chi connectivity index (χ0v) is 13.1. The van der Waals surface area contributed by atoms with Gasteiger partial charge in [0.1, 0.15) is 0 Å². The maximum Gasteiger partial charge on any atom is 0.224 e. The highest BCUT2D eigenvalue weighted by molar-refractivity contribution is 9.11. The topological polar surface area (TPSA) is 29.1 Å². The Morgan fingerprint density at radius 1 is 1.26 bits per heavy atom. The number of hydrogen-bond acceptors (Lipinski definition) is 2. The third-order valence-electron chi connectivity index (χ3n) is 3.16. The molecule has 0 saturated heterocycles. The van der Waals surface area contributed by atoms with Crippen molar-refractivity contribution in [2.24, 2.45) is 0 Å². The molecule has 0 spiro atoms. The van der Waals surface area contributed by atoms with E-state index >= 15 is 0 Å². The van der Waals surface area contributed by atoms with E-state index in [0.717, 1.165) is 26.3 Å². The Morgan fingerprint density at radius 2 is 2.11 bits per heavy atom. The number of amides is 1. The molecular formula is C14H11BrClNOS. The molecule has 1 unspecified atom stereocenters. The van der Waals surface area contributed by atoms with E-state index in [2.05, 4.69) is 27.3 Å². The second-order valence-corrected chi connectivity index (χ2v) is 7.40. The number of halogens is 2. The van der Waals surface area contributed by atoms with Crippen molar-refractivity contribution in [2.45, 2.75) is 18.2 Å².